The van der Waals surface area contributed by atoms with Gasteiger partial charge >= 0.3 is 6.18 Å². The van der Waals surface area contributed by atoms with Gasteiger partial charge in [0.2, 0.25) is 5.91 Å². The smallest absolute Gasteiger partial charge is 0.391 e. The third-order valence-electron chi connectivity index (χ3n) is 5.61. The molecule has 0 aromatic heterocycles. The summed E-state index contributed by atoms with van der Waals surface area (Å²) in [5.74, 6) is -0.196. The fourth-order valence-electron chi connectivity index (χ4n) is 4.23. The number of aliphatic hydroxyl groups is 1. The molecule has 2 atom stereocenters. The standard InChI is InChI=1S/C16H24F3N3O2/c17-16(18,19)7-10-22-11-20-14(24)15(22)5-8-21(9-6-15)12-3-1-2-4-13(12)23/h7,10,12-13,23H,1-6,8-9,11H2,(H,20,24)/b10-7+/t12-,13-/m1/s1. The molecule has 136 valence electrons. The second kappa shape index (κ2) is 6.55. The van der Waals surface area contributed by atoms with Gasteiger partial charge in [-0.2, -0.15) is 13.2 Å². The van der Waals surface area contributed by atoms with Gasteiger partial charge < -0.3 is 15.3 Å². The van der Waals surface area contributed by atoms with Crippen molar-refractivity contribution < 1.29 is 23.1 Å². The van der Waals surface area contributed by atoms with E-state index in [0.717, 1.165) is 31.9 Å². The second-order valence-electron chi connectivity index (χ2n) is 6.98. The number of nitrogens with one attached hydrogen (secondary N) is 1. The van der Waals surface area contributed by atoms with Crippen molar-refractivity contribution in [3.05, 3.63) is 12.3 Å². The fourth-order valence-corrected chi connectivity index (χ4v) is 4.23. The first-order valence-electron chi connectivity index (χ1n) is 8.55. The van der Waals surface area contributed by atoms with Crippen LogP contribution in [0.1, 0.15) is 38.5 Å². The van der Waals surface area contributed by atoms with E-state index in [1.165, 1.54) is 4.90 Å². The molecule has 0 aromatic rings. The molecule has 5 nitrogen and oxygen atoms in total. The number of likely N-dealkylation sites (tertiary alicyclic amines) is 1. The fraction of sp³-hybridized carbons (Fsp3) is 0.812. The molecule has 3 fully saturated rings. The lowest BCUT2D eigenvalue weighted by atomic mass is 9.83. The van der Waals surface area contributed by atoms with E-state index in [4.69, 9.17) is 0 Å². The van der Waals surface area contributed by atoms with Gasteiger partial charge in [-0.1, -0.05) is 12.8 Å². The number of piperidine rings is 1. The number of carbonyl (C=O) groups is 1. The first kappa shape index (κ1) is 17.5. The zero-order chi connectivity index (χ0) is 17.4. The van der Waals surface area contributed by atoms with Crippen LogP contribution in [0.3, 0.4) is 0 Å². The molecule has 3 rings (SSSR count). The van der Waals surface area contributed by atoms with E-state index >= 15 is 0 Å². The molecule has 0 aromatic carbocycles. The minimum Gasteiger partial charge on any atom is -0.391 e. The largest absolute Gasteiger partial charge is 0.411 e. The van der Waals surface area contributed by atoms with Crippen molar-refractivity contribution in [1.29, 1.82) is 0 Å². The van der Waals surface area contributed by atoms with Gasteiger partial charge in [0.25, 0.3) is 0 Å². The Hall–Kier alpha value is -1.28. The molecule has 2 saturated heterocycles. The lowest BCUT2D eigenvalue weighted by Crippen LogP contribution is -2.58. The molecule has 24 heavy (non-hydrogen) atoms. The van der Waals surface area contributed by atoms with E-state index in [0.29, 0.717) is 25.9 Å². The van der Waals surface area contributed by atoms with E-state index in [1.807, 2.05) is 0 Å². The van der Waals surface area contributed by atoms with Crippen LogP contribution in [0, 0.1) is 0 Å². The van der Waals surface area contributed by atoms with Gasteiger partial charge in [0.05, 0.1) is 12.8 Å². The maximum absolute atomic E-state index is 12.5. The van der Waals surface area contributed by atoms with E-state index in [2.05, 4.69) is 10.2 Å². The summed E-state index contributed by atoms with van der Waals surface area (Å²) in [6, 6.07) is 0.111. The van der Waals surface area contributed by atoms with Crippen LogP contribution in [0.2, 0.25) is 0 Å². The number of amides is 1. The van der Waals surface area contributed by atoms with Crippen molar-refractivity contribution in [2.45, 2.75) is 62.4 Å². The second-order valence-corrected chi connectivity index (χ2v) is 6.98. The Kier molecular flexibility index (Phi) is 4.79. The van der Waals surface area contributed by atoms with Crippen molar-refractivity contribution in [2.75, 3.05) is 19.8 Å². The third kappa shape index (κ3) is 3.39. The number of carbonyl (C=O) groups excluding carboxylic acids is 1. The number of alkyl halides is 3. The van der Waals surface area contributed by atoms with Crippen molar-refractivity contribution in [3.8, 4) is 0 Å². The molecule has 2 N–H and O–H groups in total. The van der Waals surface area contributed by atoms with Gasteiger partial charge in [0, 0.05) is 31.4 Å². The minimum atomic E-state index is -4.39. The van der Waals surface area contributed by atoms with E-state index < -0.39 is 11.7 Å². The number of hydrogen-bond acceptors (Lipinski definition) is 4. The molecule has 0 bridgehead atoms. The number of aliphatic hydroxyl groups excluding tert-OH is 1. The van der Waals surface area contributed by atoms with E-state index in [-0.39, 0.29) is 30.8 Å². The summed E-state index contributed by atoms with van der Waals surface area (Å²) in [5, 5.41) is 12.9. The molecule has 2 aliphatic heterocycles. The maximum atomic E-state index is 12.5. The quantitative estimate of drug-likeness (QED) is 0.797. The highest BCUT2D eigenvalue weighted by molar-refractivity contribution is 5.88. The average molecular weight is 347 g/mol. The highest BCUT2D eigenvalue weighted by Gasteiger charge is 2.50. The van der Waals surface area contributed by atoms with Crippen molar-refractivity contribution in [1.82, 2.24) is 15.1 Å². The topological polar surface area (TPSA) is 55.8 Å². The van der Waals surface area contributed by atoms with Crippen LogP contribution in [0.25, 0.3) is 0 Å². The lowest BCUT2D eigenvalue weighted by molar-refractivity contribution is -0.129. The van der Waals surface area contributed by atoms with Gasteiger partial charge in [-0.25, -0.2) is 0 Å². The highest BCUT2D eigenvalue weighted by atomic mass is 19.4. The first-order chi connectivity index (χ1) is 11.3. The molecule has 8 heteroatoms. The molecule has 1 spiro atoms. The molecule has 0 unspecified atom stereocenters. The Labute approximate surface area is 139 Å². The summed E-state index contributed by atoms with van der Waals surface area (Å²) in [6.45, 7) is 1.34. The van der Waals surface area contributed by atoms with E-state index in [1.54, 1.807) is 0 Å². The maximum Gasteiger partial charge on any atom is 0.411 e. The minimum absolute atomic E-state index is 0.109. The molecule has 1 aliphatic carbocycles. The molecular formula is C16H24F3N3O2. The van der Waals surface area contributed by atoms with Crippen LogP contribution in [0.15, 0.2) is 12.3 Å². The van der Waals surface area contributed by atoms with Crippen molar-refractivity contribution >= 4 is 5.91 Å². The third-order valence-corrected chi connectivity index (χ3v) is 5.61. The summed E-state index contributed by atoms with van der Waals surface area (Å²) in [6.07, 6.45) is 1.26. The zero-order valence-electron chi connectivity index (χ0n) is 13.6. The number of halogens is 3. The Bertz CT molecular complexity index is 501. The zero-order valence-corrected chi connectivity index (χ0v) is 13.6. The summed E-state index contributed by atoms with van der Waals surface area (Å²) < 4.78 is 37.4. The molecule has 3 aliphatic rings. The van der Waals surface area contributed by atoms with Crippen molar-refractivity contribution in [3.63, 3.8) is 0 Å². The summed E-state index contributed by atoms with van der Waals surface area (Å²) in [5.41, 5.74) is -0.891. The summed E-state index contributed by atoms with van der Waals surface area (Å²) in [4.78, 5) is 16.0. The van der Waals surface area contributed by atoms with Gasteiger partial charge in [-0.3, -0.25) is 9.69 Å². The van der Waals surface area contributed by atoms with Gasteiger partial charge in [-0.05, 0) is 25.7 Å². The Balaban J connectivity index is 1.68. The van der Waals surface area contributed by atoms with Crippen LogP contribution in [0.5, 0.6) is 0 Å². The first-order valence-corrected chi connectivity index (χ1v) is 8.55. The van der Waals surface area contributed by atoms with Crippen LogP contribution in [0.4, 0.5) is 13.2 Å². The van der Waals surface area contributed by atoms with Gasteiger partial charge in [-0.15, -0.1) is 0 Å². The molecule has 2 heterocycles. The van der Waals surface area contributed by atoms with Gasteiger partial charge in [0.1, 0.15) is 5.54 Å². The van der Waals surface area contributed by atoms with Crippen LogP contribution in [-0.2, 0) is 4.79 Å². The summed E-state index contributed by atoms with van der Waals surface area (Å²) in [7, 11) is 0. The van der Waals surface area contributed by atoms with E-state index in [9.17, 15) is 23.1 Å². The molecule has 0 radical (unpaired) electrons. The summed E-state index contributed by atoms with van der Waals surface area (Å²) >= 11 is 0. The Morgan fingerprint density at radius 2 is 1.88 bits per heavy atom. The Morgan fingerprint density at radius 1 is 1.21 bits per heavy atom. The normalized spacial score (nSPS) is 31.8. The molecular weight excluding hydrogens is 323 g/mol. The number of hydrogen-bond donors (Lipinski definition) is 2. The Morgan fingerprint density at radius 3 is 2.50 bits per heavy atom. The van der Waals surface area contributed by atoms with Crippen LogP contribution < -0.4 is 5.32 Å². The average Bonchev–Trinajstić information content (AvgIpc) is 2.83. The molecule has 1 amide bonds. The SMILES string of the molecule is O=C1NCN(/C=C/C(F)(F)F)C12CCN([C@@H]1CCCC[C@H]1O)CC2. The molecule has 1 saturated carbocycles. The van der Waals surface area contributed by atoms with Crippen LogP contribution >= 0.6 is 0 Å². The van der Waals surface area contributed by atoms with Gasteiger partial charge in [0.15, 0.2) is 0 Å². The number of rotatable bonds is 2. The highest BCUT2D eigenvalue weighted by Crippen LogP contribution is 2.35. The monoisotopic (exact) mass is 347 g/mol. The lowest BCUT2D eigenvalue weighted by Gasteiger charge is -2.46. The predicted molar refractivity (Wildman–Crippen MR) is 81.8 cm³/mol. The number of allylic oxidation sites excluding steroid dienone is 1. The number of nitrogens with zero attached hydrogens (tertiary/aromatic N) is 2. The van der Waals surface area contributed by atoms with Crippen molar-refractivity contribution in [2.24, 2.45) is 0 Å². The van der Waals surface area contributed by atoms with Crippen LogP contribution in [-0.4, -0.2) is 64.4 Å². The predicted octanol–water partition coefficient (Wildman–Crippen LogP) is 1.59.